The maximum absolute atomic E-state index is 12.3. The molecular formula is C20H26N2O3S. The normalized spacial score (nSPS) is 21.0. The summed E-state index contributed by atoms with van der Waals surface area (Å²) in [5, 5.41) is -0.450. The van der Waals surface area contributed by atoms with Gasteiger partial charge in [0.15, 0.2) is 0 Å². The lowest BCUT2D eigenvalue weighted by molar-refractivity contribution is 0.0653. The summed E-state index contributed by atoms with van der Waals surface area (Å²) in [4.78, 5) is 0. The number of hydrogen-bond donors (Lipinski definition) is 2. The lowest BCUT2D eigenvalue weighted by atomic mass is 9.88. The van der Waals surface area contributed by atoms with E-state index in [0.717, 1.165) is 22.4 Å². The smallest absolute Gasteiger partial charge is 0.214 e. The van der Waals surface area contributed by atoms with Gasteiger partial charge in [-0.3, -0.25) is 0 Å². The van der Waals surface area contributed by atoms with Crippen LogP contribution in [0.15, 0.2) is 48.5 Å². The highest BCUT2D eigenvalue weighted by Gasteiger charge is 2.31. The SMILES string of the molecule is CC(C)S(=O)(=O)N[C@@H]1CCOC[C@H]1c1ccc(-c2ccccc2N)cc1. The molecule has 1 saturated heterocycles. The fourth-order valence-corrected chi connectivity index (χ4v) is 4.20. The van der Waals surface area contributed by atoms with Gasteiger partial charge in [0.1, 0.15) is 0 Å². The fraction of sp³-hybridized carbons (Fsp3) is 0.400. The van der Waals surface area contributed by atoms with Crippen LogP contribution in [0.1, 0.15) is 31.7 Å². The number of benzene rings is 2. The maximum atomic E-state index is 12.3. The Morgan fingerprint density at radius 2 is 1.81 bits per heavy atom. The molecule has 1 aliphatic heterocycles. The number of hydrogen-bond acceptors (Lipinski definition) is 4. The molecular weight excluding hydrogens is 348 g/mol. The first-order valence-corrected chi connectivity index (χ1v) is 10.5. The van der Waals surface area contributed by atoms with Crippen LogP contribution in [0.4, 0.5) is 5.69 Å². The van der Waals surface area contributed by atoms with E-state index in [1.807, 2.05) is 48.5 Å². The summed E-state index contributed by atoms with van der Waals surface area (Å²) in [6.45, 7) is 4.46. The third-order valence-electron chi connectivity index (χ3n) is 4.90. The molecule has 2 aromatic rings. The molecule has 6 heteroatoms. The van der Waals surface area contributed by atoms with Crippen LogP contribution in [0.2, 0.25) is 0 Å². The van der Waals surface area contributed by atoms with Crippen LogP contribution in [0.25, 0.3) is 11.1 Å². The Labute approximate surface area is 155 Å². The zero-order chi connectivity index (χ0) is 18.7. The van der Waals surface area contributed by atoms with Gasteiger partial charge in [-0.2, -0.15) is 0 Å². The minimum Gasteiger partial charge on any atom is -0.398 e. The Morgan fingerprint density at radius 3 is 2.46 bits per heavy atom. The van der Waals surface area contributed by atoms with E-state index < -0.39 is 15.3 Å². The van der Waals surface area contributed by atoms with Gasteiger partial charge < -0.3 is 10.5 Å². The highest BCUT2D eigenvalue weighted by molar-refractivity contribution is 7.90. The predicted octanol–water partition coefficient (Wildman–Crippen LogP) is 3.14. The molecule has 3 N–H and O–H groups in total. The number of sulfonamides is 1. The lowest BCUT2D eigenvalue weighted by Gasteiger charge is -2.33. The Morgan fingerprint density at radius 1 is 1.12 bits per heavy atom. The topological polar surface area (TPSA) is 81.4 Å². The van der Waals surface area contributed by atoms with Crippen molar-refractivity contribution in [2.24, 2.45) is 0 Å². The van der Waals surface area contributed by atoms with Gasteiger partial charge in [-0.05, 0) is 37.5 Å². The zero-order valence-electron chi connectivity index (χ0n) is 15.2. The predicted molar refractivity (Wildman–Crippen MR) is 105 cm³/mol. The van der Waals surface area contributed by atoms with E-state index in [2.05, 4.69) is 4.72 Å². The second kappa shape index (κ2) is 7.78. The van der Waals surface area contributed by atoms with Crippen LogP contribution in [0.3, 0.4) is 0 Å². The molecule has 2 atom stereocenters. The first kappa shape index (κ1) is 18.9. The summed E-state index contributed by atoms with van der Waals surface area (Å²) in [5.74, 6) is -0.000514. The van der Waals surface area contributed by atoms with Gasteiger partial charge in [-0.1, -0.05) is 42.5 Å². The summed E-state index contributed by atoms with van der Waals surface area (Å²) in [7, 11) is -3.32. The minimum absolute atomic E-state index is 0.000514. The van der Waals surface area contributed by atoms with E-state index in [4.69, 9.17) is 10.5 Å². The van der Waals surface area contributed by atoms with Crippen molar-refractivity contribution in [3.8, 4) is 11.1 Å². The molecule has 0 bridgehead atoms. The monoisotopic (exact) mass is 374 g/mol. The molecule has 0 spiro atoms. The molecule has 0 aromatic heterocycles. The molecule has 2 aromatic carbocycles. The third kappa shape index (κ3) is 4.09. The van der Waals surface area contributed by atoms with Gasteiger partial charge in [-0.15, -0.1) is 0 Å². The molecule has 1 fully saturated rings. The Hall–Kier alpha value is -1.89. The van der Waals surface area contributed by atoms with E-state index in [1.165, 1.54) is 0 Å². The van der Waals surface area contributed by atoms with Crippen LogP contribution in [-0.2, 0) is 14.8 Å². The zero-order valence-corrected chi connectivity index (χ0v) is 16.0. The second-order valence-corrected chi connectivity index (χ2v) is 9.27. The summed E-state index contributed by atoms with van der Waals surface area (Å²) < 4.78 is 33.1. The Balaban J connectivity index is 1.83. The molecule has 3 rings (SSSR count). The Bertz CT molecular complexity index is 848. The number of nitrogens with one attached hydrogen (secondary N) is 1. The largest absolute Gasteiger partial charge is 0.398 e. The number of nitrogens with two attached hydrogens (primary N) is 1. The summed E-state index contributed by atoms with van der Waals surface area (Å²) in [6.07, 6.45) is 0.671. The third-order valence-corrected chi connectivity index (χ3v) is 6.78. The van der Waals surface area contributed by atoms with Crippen molar-refractivity contribution in [1.82, 2.24) is 4.72 Å². The summed E-state index contributed by atoms with van der Waals surface area (Å²) in [5.41, 5.74) is 9.91. The van der Waals surface area contributed by atoms with E-state index in [1.54, 1.807) is 13.8 Å². The van der Waals surface area contributed by atoms with Gasteiger partial charge in [0.25, 0.3) is 0 Å². The van der Waals surface area contributed by atoms with E-state index in [0.29, 0.717) is 19.6 Å². The van der Waals surface area contributed by atoms with Crippen molar-refractivity contribution < 1.29 is 13.2 Å². The highest BCUT2D eigenvalue weighted by atomic mass is 32.2. The molecule has 0 radical (unpaired) electrons. The highest BCUT2D eigenvalue weighted by Crippen LogP contribution is 2.30. The molecule has 0 amide bonds. The minimum atomic E-state index is -3.32. The summed E-state index contributed by atoms with van der Waals surface area (Å²) >= 11 is 0. The molecule has 5 nitrogen and oxygen atoms in total. The van der Waals surface area contributed by atoms with Gasteiger partial charge >= 0.3 is 0 Å². The van der Waals surface area contributed by atoms with Gasteiger partial charge in [0.2, 0.25) is 10.0 Å². The van der Waals surface area contributed by atoms with E-state index in [9.17, 15) is 8.42 Å². The number of rotatable bonds is 5. The molecule has 140 valence electrons. The summed E-state index contributed by atoms with van der Waals surface area (Å²) in [6, 6.07) is 15.7. The number of anilines is 1. The van der Waals surface area contributed by atoms with Gasteiger partial charge in [0.05, 0.1) is 11.9 Å². The Kier molecular flexibility index (Phi) is 5.65. The van der Waals surface area contributed by atoms with Crippen LogP contribution in [0, 0.1) is 0 Å². The first-order valence-electron chi connectivity index (χ1n) is 8.92. The quantitative estimate of drug-likeness (QED) is 0.788. The molecule has 0 aliphatic carbocycles. The molecule has 1 aliphatic rings. The molecule has 0 unspecified atom stereocenters. The second-order valence-electron chi connectivity index (χ2n) is 7.00. The number of nitrogen functional groups attached to an aromatic ring is 1. The van der Waals surface area contributed by atoms with E-state index in [-0.39, 0.29) is 12.0 Å². The van der Waals surface area contributed by atoms with Gasteiger partial charge in [-0.25, -0.2) is 13.1 Å². The lowest BCUT2D eigenvalue weighted by Crippen LogP contribution is -2.46. The average molecular weight is 375 g/mol. The van der Waals surface area contributed by atoms with Crippen LogP contribution >= 0.6 is 0 Å². The van der Waals surface area contributed by atoms with Crippen molar-refractivity contribution >= 4 is 15.7 Å². The number of para-hydroxylation sites is 1. The fourth-order valence-electron chi connectivity index (χ4n) is 3.22. The maximum Gasteiger partial charge on any atom is 0.214 e. The van der Waals surface area contributed by atoms with E-state index >= 15 is 0 Å². The van der Waals surface area contributed by atoms with Gasteiger partial charge in [0, 0.05) is 29.8 Å². The number of ether oxygens (including phenoxy) is 1. The van der Waals surface area contributed by atoms with Crippen molar-refractivity contribution in [3.63, 3.8) is 0 Å². The van der Waals surface area contributed by atoms with Crippen LogP contribution in [0.5, 0.6) is 0 Å². The first-order chi connectivity index (χ1) is 12.4. The average Bonchev–Trinajstić information content (AvgIpc) is 2.62. The van der Waals surface area contributed by atoms with Crippen molar-refractivity contribution in [3.05, 3.63) is 54.1 Å². The standard InChI is InChI=1S/C20H26N2O3S/c1-14(2)26(23,24)22-20-11-12-25-13-18(20)16-9-7-15(8-10-16)17-5-3-4-6-19(17)21/h3-10,14,18,20,22H,11-13,21H2,1-2H3/t18-,20+/m0/s1. The molecule has 26 heavy (non-hydrogen) atoms. The van der Waals surface area contributed by atoms with Crippen LogP contribution in [-0.4, -0.2) is 32.9 Å². The van der Waals surface area contributed by atoms with Crippen LogP contribution < -0.4 is 10.5 Å². The van der Waals surface area contributed by atoms with Crippen molar-refractivity contribution in [2.45, 2.75) is 37.5 Å². The molecule has 1 heterocycles. The van der Waals surface area contributed by atoms with Crippen molar-refractivity contribution in [1.29, 1.82) is 0 Å². The molecule has 0 saturated carbocycles. The van der Waals surface area contributed by atoms with Crippen molar-refractivity contribution in [2.75, 3.05) is 18.9 Å².